The average molecular weight is 333 g/mol. The Hall–Kier alpha value is -3.09. The van der Waals surface area contributed by atoms with Gasteiger partial charge >= 0.3 is 0 Å². The number of aryl methyl sites for hydroxylation is 1. The van der Waals surface area contributed by atoms with Gasteiger partial charge in [-0.3, -0.25) is 4.68 Å². The molecule has 1 saturated carbocycles. The van der Waals surface area contributed by atoms with Crippen LogP contribution in [-0.4, -0.2) is 30.8 Å². The summed E-state index contributed by atoms with van der Waals surface area (Å²) in [5.41, 5.74) is 2.84. The van der Waals surface area contributed by atoms with Gasteiger partial charge in [0.05, 0.1) is 17.1 Å². The molecule has 3 heterocycles. The predicted molar refractivity (Wildman–Crippen MR) is 99.1 cm³/mol. The first-order chi connectivity index (χ1) is 12.3. The lowest BCUT2D eigenvalue weighted by molar-refractivity contribution is 0.445. The molecule has 1 aliphatic carbocycles. The second-order valence-electron chi connectivity index (χ2n) is 6.57. The summed E-state index contributed by atoms with van der Waals surface area (Å²) in [6.45, 7) is 0. The van der Waals surface area contributed by atoms with E-state index < -0.39 is 0 Å². The van der Waals surface area contributed by atoms with E-state index in [1.54, 1.807) is 0 Å². The molecule has 0 saturated heterocycles. The molecule has 0 spiro atoms. The van der Waals surface area contributed by atoms with Gasteiger partial charge in [0.15, 0.2) is 0 Å². The molecule has 7 heteroatoms. The lowest BCUT2D eigenvalue weighted by atomic mass is 9.93. The minimum atomic E-state index is 0.520. The Morgan fingerprint density at radius 1 is 1.20 bits per heavy atom. The number of hydrogen-bond acceptors (Lipinski definition) is 5. The number of nitrogens with one attached hydrogen (secondary N) is 3. The largest absolute Gasteiger partial charge is 0.367 e. The van der Waals surface area contributed by atoms with Gasteiger partial charge in [-0.05, 0) is 43.5 Å². The van der Waals surface area contributed by atoms with E-state index >= 15 is 0 Å². The van der Waals surface area contributed by atoms with Crippen LogP contribution in [0.3, 0.4) is 0 Å². The second kappa shape index (κ2) is 5.47. The number of aromatic amines is 1. The predicted octanol–water partition coefficient (Wildman–Crippen LogP) is 3.55. The van der Waals surface area contributed by atoms with Gasteiger partial charge in [0.1, 0.15) is 11.5 Å². The van der Waals surface area contributed by atoms with Crippen LogP contribution in [0.5, 0.6) is 0 Å². The number of rotatable bonds is 4. The smallest absolute Gasteiger partial charge is 0.231 e. The van der Waals surface area contributed by atoms with Gasteiger partial charge in [-0.15, -0.1) is 0 Å². The number of anilines is 3. The van der Waals surface area contributed by atoms with Crippen LogP contribution in [0.4, 0.5) is 17.5 Å². The summed E-state index contributed by atoms with van der Waals surface area (Å²) in [5, 5.41) is 13.3. The maximum absolute atomic E-state index is 4.70. The van der Waals surface area contributed by atoms with Crippen molar-refractivity contribution in [2.24, 2.45) is 7.05 Å². The van der Waals surface area contributed by atoms with Crippen LogP contribution >= 0.6 is 0 Å². The summed E-state index contributed by atoms with van der Waals surface area (Å²) in [7, 11) is 1.94. The maximum atomic E-state index is 4.70. The zero-order valence-electron chi connectivity index (χ0n) is 14.0. The van der Waals surface area contributed by atoms with Gasteiger partial charge < -0.3 is 15.6 Å². The standard InChI is InChI=1S/C18H19N7/c1-25-15-9-13(6-5-11(15)10-20-25)22-18-23-16-14(7-8-19-16)17(24-18)21-12-3-2-4-12/h5-10,12H,2-4H2,1H3,(H3,19,21,22,23,24). The summed E-state index contributed by atoms with van der Waals surface area (Å²) in [6, 6.07) is 8.66. The third-order valence-corrected chi connectivity index (χ3v) is 4.87. The highest BCUT2D eigenvalue weighted by atomic mass is 15.2. The van der Waals surface area contributed by atoms with Crippen LogP contribution in [0.1, 0.15) is 19.3 Å². The molecule has 1 aromatic carbocycles. The third-order valence-electron chi connectivity index (χ3n) is 4.87. The van der Waals surface area contributed by atoms with Crippen molar-refractivity contribution in [1.29, 1.82) is 0 Å². The number of hydrogen-bond donors (Lipinski definition) is 3. The number of nitrogens with zero attached hydrogens (tertiary/aromatic N) is 4. The van der Waals surface area contributed by atoms with Crippen molar-refractivity contribution in [3.63, 3.8) is 0 Å². The summed E-state index contributed by atoms with van der Waals surface area (Å²) in [6.07, 6.45) is 7.46. The number of fused-ring (bicyclic) bond motifs is 2. The first-order valence-electron chi connectivity index (χ1n) is 8.57. The highest BCUT2D eigenvalue weighted by Gasteiger charge is 2.19. The topological polar surface area (TPSA) is 83.5 Å². The van der Waals surface area contributed by atoms with E-state index in [1.807, 2.05) is 42.3 Å². The molecule has 126 valence electrons. The Kier molecular flexibility index (Phi) is 3.12. The minimum absolute atomic E-state index is 0.520. The van der Waals surface area contributed by atoms with Crippen LogP contribution in [0.15, 0.2) is 36.7 Å². The van der Waals surface area contributed by atoms with E-state index in [-0.39, 0.29) is 0 Å². The van der Waals surface area contributed by atoms with Crippen LogP contribution in [0.2, 0.25) is 0 Å². The van der Waals surface area contributed by atoms with Crippen molar-refractivity contribution in [2.45, 2.75) is 25.3 Å². The fourth-order valence-corrected chi connectivity index (χ4v) is 3.20. The first kappa shape index (κ1) is 14.3. The molecular weight excluding hydrogens is 314 g/mol. The summed E-state index contributed by atoms with van der Waals surface area (Å²) in [5.74, 6) is 1.47. The molecule has 7 nitrogen and oxygen atoms in total. The molecule has 3 N–H and O–H groups in total. The van der Waals surface area contributed by atoms with Crippen molar-refractivity contribution >= 4 is 39.4 Å². The fraction of sp³-hybridized carbons (Fsp3) is 0.278. The summed E-state index contributed by atoms with van der Waals surface area (Å²) in [4.78, 5) is 12.5. The molecule has 0 aliphatic heterocycles. The fourth-order valence-electron chi connectivity index (χ4n) is 3.20. The summed E-state index contributed by atoms with van der Waals surface area (Å²) < 4.78 is 1.86. The van der Waals surface area contributed by atoms with E-state index in [4.69, 9.17) is 4.98 Å². The number of benzene rings is 1. The third kappa shape index (κ3) is 2.48. The molecule has 0 radical (unpaired) electrons. The van der Waals surface area contributed by atoms with Crippen molar-refractivity contribution in [1.82, 2.24) is 24.7 Å². The van der Waals surface area contributed by atoms with Crippen molar-refractivity contribution in [2.75, 3.05) is 10.6 Å². The molecule has 0 unspecified atom stereocenters. The van der Waals surface area contributed by atoms with E-state index in [9.17, 15) is 0 Å². The second-order valence-corrected chi connectivity index (χ2v) is 6.57. The molecule has 1 fully saturated rings. The average Bonchev–Trinajstić information content (AvgIpc) is 3.18. The Labute approximate surface area is 144 Å². The molecule has 3 aromatic heterocycles. The zero-order chi connectivity index (χ0) is 16.8. The van der Waals surface area contributed by atoms with Gasteiger partial charge in [-0.2, -0.15) is 15.1 Å². The molecule has 25 heavy (non-hydrogen) atoms. The van der Waals surface area contributed by atoms with E-state index in [0.29, 0.717) is 12.0 Å². The van der Waals surface area contributed by atoms with Crippen molar-refractivity contribution in [3.8, 4) is 0 Å². The molecule has 5 rings (SSSR count). The van der Waals surface area contributed by atoms with Crippen LogP contribution < -0.4 is 10.6 Å². The summed E-state index contributed by atoms with van der Waals surface area (Å²) >= 11 is 0. The van der Waals surface area contributed by atoms with Crippen LogP contribution in [0, 0.1) is 0 Å². The Morgan fingerprint density at radius 2 is 2.12 bits per heavy atom. The van der Waals surface area contributed by atoms with Crippen molar-refractivity contribution < 1.29 is 0 Å². The Bertz CT molecular complexity index is 1060. The van der Waals surface area contributed by atoms with Gasteiger partial charge in [0, 0.05) is 30.4 Å². The molecule has 0 amide bonds. The molecule has 0 atom stereocenters. The lowest BCUT2D eigenvalue weighted by Crippen LogP contribution is -2.27. The molecule has 4 aromatic rings. The highest BCUT2D eigenvalue weighted by molar-refractivity contribution is 5.89. The van der Waals surface area contributed by atoms with Gasteiger partial charge in [0.2, 0.25) is 5.95 Å². The van der Waals surface area contributed by atoms with E-state index in [2.05, 4.69) is 31.8 Å². The monoisotopic (exact) mass is 333 g/mol. The Morgan fingerprint density at radius 3 is 2.96 bits per heavy atom. The molecule has 1 aliphatic rings. The first-order valence-corrected chi connectivity index (χ1v) is 8.57. The van der Waals surface area contributed by atoms with Gasteiger partial charge in [-0.1, -0.05) is 0 Å². The van der Waals surface area contributed by atoms with Gasteiger partial charge in [-0.25, -0.2) is 0 Å². The van der Waals surface area contributed by atoms with Crippen LogP contribution in [-0.2, 0) is 7.05 Å². The lowest BCUT2D eigenvalue weighted by Gasteiger charge is -2.27. The minimum Gasteiger partial charge on any atom is -0.367 e. The van der Waals surface area contributed by atoms with Crippen molar-refractivity contribution in [3.05, 3.63) is 36.7 Å². The van der Waals surface area contributed by atoms with Gasteiger partial charge in [0.25, 0.3) is 0 Å². The van der Waals surface area contributed by atoms with Crippen LogP contribution in [0.25, 0.3) is 21.9 Å². The highest BCUT2D eigenvalue weighted by Crippen LogP contribution is 2.28. The zero-order valence-corrected chi connectivity index (χ0v) is 14.0. The van der Waals surface area contributed by atoms with E-state index in [1.165, 1.54) is 19.3 Å². The normalized spacial score (nSPS) is 14.8. The quantitative estimate of drug-likeness (QED) is 0.532. The number of aromatic nitrogens is 5. The van der Waals surface area contributed by atoms with E-state index in [0.717, 1.165) is 33.4 Å². The molecule has 0 bridgehead atoms. The Balaban J connectivity index is 1.51. The molecular formula is C18H19N7. The SMILES string of the molecule is Cn1ncc2ccc(Nc3nc(NC4CCC4)c4cc[nH]c4n3)cc21. The number of H-pyrrole nitrogens is 1. The maximum Gasteiger partial charge on any atom is 0.231 e.